The standard InChI is InChI=1S/C11H15ClN2/c1-9-5-2-3-8-14(9)11-7-4-6-10(12)13-11/h4,6-7,9H,2-3,5,8H2,1H3/t9-/m0/s1. The number of rotatable bonds is 1. The van der Waals surface area contributed by atoms with E-state index < -0.39 is 0 Å². The quantitative estimate of drug-likeness (QED) is 0.663. The summed E-state index contributed by atoms with van der Waals surface area (Å²) in [5.41, 5.74) is 0. The van der Waals surface area contributed by atoms with Crippen molar-refractivity contribution in [2.45, 2.75) is 32.2 Å². The molecule has 2 nitrogen and oxygen atoms in total. The Bertz CT molecular complexity index is 314. The Hall–Kier alpha value is -0.760. The number of piperidine rings is 1. The largest absolute Gasteiger partial charge is 0.354 e. The summed E-state index contributed by atoms with van der Waals surface area (Å²) in [6.07, 6.45) is 3.85. The van der Waals surface area contributed by atoms with E-state index in [1.807, 2.05) is 18.2 Å². The zero-order chi connectivity index (χ0) is 9.97. The van der Waals surface area contributed by atoms with Crippen LogP contribution in [0, 0.1) is 0 Å². The minimum atomic E-state index is 0.584. The van der Waals surface area contributed by atoms with Crippen LogP contribution < -0.4 is 4.90 Å². The molecule has 1 aromatic rings. The Morgan fingerprint density at radius 3 is 3.00 bits per heavy atom. The number of hydrogen-bond acceptors (Lipinski definition) is 2. The summed E-state index contributed by atoms with van der Waals surface area (Å²) in [5.74, 6) is 1.02. The molecule has 14 heavy (non-hydrogen) atoms. The van der Waals surface area contributed by atoms with Gasteiger partial charge in [0.2, 0.25) is 0 Å². The van der Waals surface area contributed by atoms with Gasteiger partial charge >= 0.3 is 0 Å². The predicted octanol–water partition coefficient (Wildman–Crippen LogP) is 3.11. The lowest BCUT2D eigenvalue weighted by Crippen LogP contribution is -2.37. The van der Waals surface area contributed by atoms with E-state index in [-0.39, 0.29) is 0 Å². The van der Waals surface area contributed by atoms with Crippen molar-refractivity contribution in [1.82, 2.24) is 4.98 Å². The van der Waals surface area contributed by atoms with Crippen LogP contribution in [-0.4, -0.2) is 17.6 Å². The van der Waals surface area contributed by atoms with E-state index in [0.717, 1.165) is 12.4 Å². The van der Waals surface area contributed by atoms with Gasteiger partial charge in [0.15, 0.2) is 0 Å². The Labute approximate surface area is 89.9 Å². The van der Waals surface area contributed by atoms with Crippen LogP contribution in [0.4, 0.5) is 5.82 Å². The van der Waals surface area contributed by atoms with Crippen LogP contribution in [0.15, 0.2) is 18.2 Å². The van der Waals surface area contributed by atoms with Crippen molar-refractivity contribution in [3.63, 3.8) is 0 Å². The highest BCUT2D eigenvalue weighted by Crippen LogP contribution is 2.23. The third-order valence-corrected chi connectivity index (χ3v) is 3.01. The normalized spacial score (nSPS) is 22.4. The van der Waals surface area contributed by atoms with E-state index >= 15 is 0 Å². The summed E-state index contributed by atoms with van der Waals surface area (Å²) in [6, 6.07) is 6.41. The predicted molar refractivity (Wildman–Crippen MR) is 59.9 cm³/mol. The fourth-order valence-electron chi connectivity index (χ4n) is 2.00. The summed E-state index contributed by atoms with van der Waals surface area (Å²) in [5, 5.41) is 0.584. The average Bonchev–Trinajstić information content (AvgIpc) is 2.18. The van der Waals surface area contributed by atoms with Gasteiger partial charge in [-0.3, -0.25) is 0 Å². The first-order valence-electron chi connectivity index (χ1n) is 5.16. The number of hydrogen-bond donors (Lipinski definition) is 0. The molecule has 0 N–H and O–H groups in total. The minimum absolute atomic E-state index is 0.584. The molecule has 0 spiro atoms. The first-order chi connectivity index (χ1) is 6.77. The molecule has 1 fully saturated rings. The Morgan fingerprint density at radius 2 is 2.29 bits per heavy atom. The molecule has 0 saturated carbocycles. The molecule has 0 aliphatic carbocycles. The van der Waals surface area contributed by atoms with E-state index in [9.17, 15) is 0 Å². The number of pyridine rings is 1. The van der Waals surface area contributed by atoms with Gasteiger partial charge in [0.1, 0.15) is 11.0 Å². The first-order valence-corrected chi connectivity index (χ1v) is 5.54. The molecule has 0 radical (unpaired) electrons. The molecule has 1 saturated heterocycles. The second kappa shape index (κ2) is 4.18. The van der Waals surface area contributed by atoms with Crippen molar-refractivity contribution in [2.75, 3.05) is 11.4 Å². The summed E-state index contributed by atoms with van der Waals surface area (Å²) >= 11 is 5.87. The lowest BCUT2D eigenvalue weighted by Gasteiger charge is -2.34. The maximum atomic E-state index is 5.87. The molecule has 0 bridgehead atoms. The van der Waals surface area contributed by atoms with Crippen molar-refractivity contribution in [2.24, 2.45) is 0 Å². The summed E-state index contributed by atoms with van der Waals surface area (Å²) in [6.45, 7) is 3.36. The van der Waals surface area contributed by atoms with Gasteiger partial charge in [0.05, 0.1) is 0 Å². The fraction of sp³-hybridized carbons (Fsp3) is 0.545. The van der Waals surface area contributed by atoms with Crippen LogP contribution in [0.2, 0.25) is 5.15 Å². The van der Waals surface area contributed by atoms with E-state index in [0.29, 0.717) is 11.2 Å². The van der Waals surface area contributed by atoms with Crippen LogP contribution in [0.5, 0.6) is 0 Å². The molecule has 0 unspecified atom stereocenters. The van der Waals surface area contributed by atoms with Crippen LogP contribution in [0.3, 0.4) is 0 Å². The maximum absolute atomic E-state index is 5.87. The van der Waals surface area contributed by atoms with E-state index in [1.54, 1.807) is 0 Å². The van der Waals surface area contributed by atoms with Crippen molar-refractivity contribution >= 4 is 17.4 Å². The highest BCUT2D eigenvalue weighted by molar-refractivity contribution is 6.29. The van der Waals surface area contributed by atoms with E-state index in [4.69, 9.17) is 11.6 Å². The molecule has 1 aliphatic heterocycles. The summed E-state index contributed by atoms with van der Waals surface area (Å²) in [7, 11) is 0. The molecule has 2 rings (SSSR count). The lowest BCUT2D eigenvalue weighted by molar-refractivity contribution is 0.481. The van der Waals surface area contributed by atoms with Gasteiger partial charge in [0.25, 0.3) is 0 Å². The minimum Gasteiger partial charge on any atom is -0.354 e. The van der Waals surface area contributed by atoms with Gasteiger partial charge in [-0.25, -0.2) is 4.98 Å². The highest BCUT2D eigenvalue weighted by atomic mass is 35.5. The molecular weight excluding hydrogens is 196 g/mol. The van der Waals surface area contributed by atoms with Gasteiger partial charge in [0, 0.05) is 12.6 Å². The molecule has 1 aromatic heterocycles. The van der Waals surface area contributed by atoms with E-state index in [2.05, 4.69) is 16.8 Å². The zero-order valence-electron chi connectivity index (χ0n) is 8.41. The molecule has 1 aliphatic rings. The third kappa shape index (κ3) is 2.01. The van der Waals surface area contributed by atoms with Gasteiger partial charge in [-0.05, 0) is 38.3 Å². The lowest BCUT2D eigenvalue weighted by atomic mass is 10.0. The highest BCUT2D eigenvalue weighted by Gasteiger charge is 2.19. The van der Waals surface area contributed by atoms with Gasteiger partial charge < -0.3 is 4.90 Å². The van der Waals surface area contributed by atoms with Gasteiger partial charge in [-0.2, -0.15) is 0 Å². The number of halogens is 1. The summed E-state index contributed by atoms with van der Waals surface area (Å²) in [4.78, 5) is 6.68. The second-order valence-electron chi connectivity index (χ2n) is 3.86. The molecule has 1 atom stereocenters. The molecule has 0 amide bonds. The molecule has 0 aromatic carbocycles. The van der Waals surface area contributed by atoms with E-state index in [1.165, 1.54) is 19.3 Å². The smallest absolute Gasteiger partial charge is 0.131 e. The van der Waals surface area contributed by atoms with Crippen LogP contribution >= 0.6 is 11.6 Å². The number of anilines is 1. The Kier molecular flexibility index (Phi) is 2.92. The maximum Gasteiger partial charge on any atom is 0.131 e. The number of nitrogens with zero attached hydrogens (tertiary/aromatic N) is 2. The van der Waals surface area contributed by atoms with Gasteiger partial charge in [-0.1, -0.05) is 17.7 Å². The second-order valence-corrected chi connectivity index (χ2v) is 4.24. The van der Waals surface area contributed by atoms with Crippen LogP contribution in [0.25, 0.3) is 0 Å². The Balaban J connectivity index is 2.20. The Morgan fingerprint density at radius 1 is 1.43 bits per heavy atom. The molecular formula is C11H15ClN2. The van der Waals surface area contributed by atoms with Crippen molar-refractivity contribution in [3.05, 3.63) is 23.4 Å². The van der Waals surface area contributed by atoms with Crippen LogP contribution in [-0.2, 0) is 0 Å². The SMILES string of the molecule is C[C@H]1CCCCN1c1cccc(Cl)n1. The zero-order valence-corrected chi connectivity index (χ0v) is 9.17. The fourth-order valence-corrected chi connectivity index (χ4v) is 2.16. The van der Waals surface area contributed by atoms with Crippen molar-refractivity contribution in [1.29, 1.82) is 0 Å². The topological polar surface area (TPSA) is 16.1 Å². The van der Waals surface area contributed by atoms with Crippen molar-refractivity contribution < 1.29 is 0 Å². The molecule has 76 valence electrons. The molecule has 3 heteroatoms. The molecule has 2 heterocycles. The van der Waals surface area contributed by atoms with Crippen molar-refractivity contribution in [3.8, 4) is 0 Å². The number of aromatic nitrogens is 1. The average molecular weight is 211 g/mol. The van der Waals surface area contributed by atoms with Gasteiger partial charge in [-0.15, -0.1) is 0 Å². The third-order valence-electron chi connectivity index (χ3n) is 2.80. The monoisotopic (exact) mass is 210 g/mol. The first kappa shape index (κ1) is 9.78. The summed E-state index contributed by atoms with van der Waals surface area (Å²) < 4.78 is 0. The van der Waals surface area contributed by atoms with Crippen LogP contribution in [0.1, 0.15) is 26.2 Å².